The zero-order valence-corrected chi connectivity index (χ0v) is 17.2. The van der Waals surface area contributed by atoms with Crippen molar-refractivity contribution in [1.82, 2.24) is 0 Å². The van der Waals surface area contributed by atoms with E-state index in [0.29, 0.717) is 12.1 Å². The average molecular weight is 357 g/mol. The van der Waals surface area contributed by atoms with E-state index in [2.05, 4.69) is 88.0 Å². The molecule has 2 unspecified atom stereocenters. The van der Waals surface area contributed by atoms with Gasteiger partial charge in [0, 0.05) is 48.7 Å². The van der Waals surface area contributed by atoms with Gasteiger partial charge in [0.05, 0.1) is 0 Å². The van der Waals surface area contributed by atoms with Crippen LogP contribution in [-0.4, -0.2) is 26.2 Å². The molecule has 0 saturated carbocycles. The number of benzene rings is 2. The molecule has 2 aromatic carbocycles. The van der Waals surface area contributed by atoms with Gasteiger partial charge in [-0.2, -0.15) is 0 Å². The molecule has 27 heavy (non-hydrogen) atoms. The van der Waals surface area contributed by atoms with Gasteiger partial charge in [-0.3, -0.25) is 0 Å². The SMILES string of the molecule is CC1=CC(C)N(C)c2cc3c(cc21)-c1cc2c(cc1C3)N(C)C(C)C=C2C. The first-order valence-corrected chi connectivity index (χ1v) is 10.0. The van der Waals surface area contributed by atoms with Gasteiger partial charge in [0.25, 0.3) is 0 Å². The molecule has 138 valence electrons. The van der Waals surface area contributed by atoms with E-state index in [1.165, 1.54) is 55.9 Å². The number of nitrogens with zero attached hydrogens (tertiary/aromatic N) is 2. The standard InChI is InChI=1S/C25H28N2/c1-14-7-16(3)26(5)24-10-18-9-19-11-25-21(15(2)8-17(4)27(25)6)13-23(19)22(18)12-20(14)24/h7-8,10-13,16-17H,9H2,1-6H3. The zero-order valence-electron chi connectivity index (χ0n) is 17.2. The minimum atomic E-state index is 0.453. The summed E-state index contributed by atoms with van der Waals surface area (Å²) in [6.45, 7) is 9.05. The lowest BCUT2D eigenvalue weighted by atomic mass is 9.90. The summed E-state index contributed by atoms with van der Waals surface area (Å²) in [7, 11) is 4.42. The van der Waals surface area contributed by atoms with Crippen molar-refractivity contribution in [2.75, 3.05) is 23.9 Å². The second-order valence-corrected chi connectivity index (χ2v) is 8.63. The monoisotopic (exact) mass is 356 g/mol. The maximum Gasteiger partial charge on any atom is 0.0448 e. The molecule has 2 heteroatoms. The van der Waals surface area contributed by atoms with Crippen LogP contribution < -0.4 is 9.80 Å². The molecular weight excluding hydrogens is 328 g/mol. The molecule has 2 nitrogen and oxygen atoms in total. The first kappa shape index (κ1) is 16.7. The van der Waals surface area contributed by atoms with Crippen LogP contribution in [0.1, 0.15) is 49.9 Å². The molecular formula is C25H28N2. The summed E-state index contributed by atoms with van der Waals surface area (Å²) >= 11 is 0. The Balaban J connectivity index is 1.70. The molecule has 0 amide bonds. The molecule has 3 aliphatic rings. The van der Waals surface area contributed by atoms with Crippen LogP contribution in [-0.2, 0) is 6.42 Å². The Morgan fingerprint density at radius 3 is 1.48 bits per heavy atom. The summed E-state index contributed by atoms with van der Waals surface area (Å²) in [5.74, 6) is 0. The topological polar surface area (TPSA) is 6.48 Å². The van der Waals surface area contributed by atoms with Crippen molar-refractivity contribution in [2.45, 2.75) is 46.2 Å². The van der Waals surface area contributed by atoms with Crippen molar-refractivity contribution in [3.63, 3.8) is 0 Å². The number of rotatable bonds is 0. The first-order valence-electron chi connectivity index (χ1n) is 10.0. The quantitative estimate of drug-likeness (QED) is 0.507. The van der Waals surface area contributed by atoms with Crippen molar-refractivity contribution in [3.8, 4) is 11.1 Å². The second kappa shape index (κ2) is 5.51. The average Bonchev–Trinajstić information content (AvgIpc) is 2.98. The number of likely N-dealkylation sites (N-methyl/N-ethyl adjacent to an activating group) is 2. The van der Waals surface area contributed by atoms with Crippen LogP contribution in [0.5, 0.6) is 0 Å². The van der Waals surface area contributed by atoms with Gasteiger partial charge < -0.3 is 9.80 Å². The van der Waals surface area contributed by atoms with Crippen LogP contribution in [0.2, 0.25) is 0 Å². The summed E-state index contributed by atoms with van der Waals surface area (Å²) in [6, 6.07) is 10.7. The minimum absolute atomic E-state index is 0.453. The Labute approximate surface area is 162 Å². The molecule has 0 spiro atoms. The van der Waals surface area contributed by atoms with Crippen LogP contribution in [0.15, 0.2) is 36.4 Å². The molecule has 0 N–H and O–H groups in total. The fourth-order valence-corrected chi connectivity index (χ4v) is 5.04. The summed E-state index contributed by atoms with van der Waals surface area (Å²) < 4.78 is 0. The van der Waals surface area contributed by atoms with Gasteiger partial charge in [-0.05, 0) is 91.8 Å². The molecule has 2 aromatic rings. The highest BCUT2D eigenvalue weighted by Crippen LogP contribution is 2.47. The third-order valence-corrected chi connectivity index (χ3v) is 6.93. The highest BCUT2D eigenvalue weighted by Gasteiger charge is 2.28. The summed E-state index contributed by atoms with van der Waals surface area (Å²) in [4.78, 5) is 4.80. The molecule has 0 bridgehead atoms. The van der Waals surface area contributed by atoms with Crippen molar-refractivity contribution >= 4 is 22.5 Å². The lowest BCUT2D eigenvalue weighted by Gasteiger charge is -2.33. The second-order valence-electron chi connectivity index (χ2n) is 8.63. The van der Waals surface area contributed by atoms with E-state index in [4.69, 9.17) is 0 Å². The van der Waals surface area contributed by atoms with E-state index in [0.717, 1.165) is 6.42 Å². The fourth-order valence-electron chi connectivity index (χ4n) is 5.04. The molecule has 5 rings (SSSR count). The van der Waals surface area contributed by atoms with Crippen molar-refractivity contribution in [1.29, 1.82) is 0 Å². The molecule has 2 heterocycles. The molecule has 1 aliphatic carbocycles. The Hall–Kier alpha value is -2.48. The van der Waals surface area contributed by atoms with Crippen LogP contribution in [0.25, 0.3) is 22.3 Å². The van der Waals surface area contributed by atoms with Gasteiger partial charge in [-0.25, -0.2) is 0 Å². The van der Waals surface area contributed by atoms with Gasteiger partial charge in [0.1, 0.15) is 0 Å². The molecule has 0 saturated heterocycles. The normalized spacial score (nSPS) is 22.6. The maximum atomic E-state index is 2.44. The third kappa shape index (κ3) is 2.25. The largest absolute Gasteiger partial charge is 0.368 e. The Morgan fingerprint density at radius 1 is 0.667 bits per heavy atom. The number of allylic oxidation sites excluding steroid dienone is 2. The summed E-state index contributed by atoms with van der Waals surface area (Å²) in [5, 5.41) is 0. The number of fused-ring (bicyclic) bond motifs is 5. The van der Waals surface area contributed by atoms with Crippen LogP contribution in [0.3, 0.4) is 0 Å². The van der Waals surface area contributed by atoms with E-state index >= 15 is 0 Å². The highest BCUT2D eigenvalue weighted by molar-refractivity contribution is 5.91. The lowest BCUT2D eigenvalue weighted by Crippen LogP contribution is -2.30. The third-order valence-electron chi connectivity index (χ3n) is 6.93. The van der Waals surface area contributed by atoms with E-state index in [1.54, 1.807) is 0 Å². The van der Waals surface area contributed by atoms with Crippen molar-refractivity contribution in [2.24, 2.45) is 0 Å². The van der Waals surface area contributed by atoms with Gasteiger partial charge in [-0.1, -0.05) is 12.2 Å². The summed E-state index contributed by atoms with van der Waals surface area (Å²) in [5.41, 5.74) is 14.1. The minimum Gasteiger partial charge on any atom is -0.368 e. The van der Waals surface area contributed by atoms with Gasteiger partial charge in [-0.15, -0.1) is 0 Å². The number of hydrogen-bond acceptors (Lipinski definition) is 2. The van der Waals surface area contributed by atoms with Gasteiger partial charge >= 0.3 is 0 Å². The fraction of sp³-hybridized carbons (Fsp3) is 0.360. The highest BCUT2D eigenvalue weighted by atomic mass is 15.1. The lowest BCUT2D eigenvalue weighted by molar-refractivity contribution is 0.811. The van der Waals surface area contributed by atoms with Crippen molar-refractivity contribution < 1.29 is 0 Å². The van der Waals surface area contributed by atoms with Gasteiger partial charge in [0.2, 0.25) is 0 Å². The zero-order chi connectivity index (χ0) is 19.0. The molecule has 0 radical (unpaired) electrons. The Morgan fingerprint density at radius 2 is 1.07 bits per heavy atom. The van der Waals surface area contributed by atoms with Crippen LogP contribution in [0, 0.1) is 0 Å². The first-order chi connectivity index (χ1) is 12.8. The molecule has 2 aliphatic heterocycles. The molecule has 0 aromatic heterocycles. The van der Waals surface area contributed by atoms with E-state index in [9.17, 15) is 0 Å². The number of anilines is 2. The van der Waals surface area contributed by atoms with Gasteiger partial charge in [0.15, 0.2) is 0 Å². The van der Waals surface area contributed by atoms with Crippen LogP contribution in [0.4, 0.5) is 11.4 Å². The number of hydrogen-bond donors (Lipinski definition) is 0. The predicted molar refractivity (Wildman–Crippen MR) is 118 cm³/mol. The molecule has 0 fully saturated rings. The van der Waals surface area contributed by atoms with E-state index < -0.39 is 0 Å². The summed E-state index contributed by atoms with van der Waals surface area (Å²) in [6.07, 6.45) is 5.79. The van der Waals surface area contributed by atoms with Crippen molar-refractivity contribution in [3.05, 3.63) is 58.7 Å². The Bertz CT molecular complexity index is 957. The Kier molecular flexibility index (Phi) is 3.40. The molecule has 2 atom stereocenters. The smallest absolute Gasteiger partial charge is 0.0448 e. The van der Waals surface area contributed by atoms with E-state index in [1.807, 2.05) is 0 Å². The van der Waals surface area contributed by atoms with E-state index in [-0.39, 0.29) is 0 Å². The van der Waals surface area contributed by atoms with Crippen LogP contribution >= 0.6 is 0 Å². The maximum absolute atomic E-state index is 2.44. The predicted octanol–water partition coefficient (Wildman–Crippen LogP) is 5.74.